The summed E-state index contributed by atoms with van der Waals surface area (Å²) in [6.07, 6.45) is 4.19. The Bertz CT molecular complexity index is 1210. The second kappa shape index (κ2) is 11.0. The number of hydrogen-bond acceptors (Lipinski definition) is 8. The molecule has 3 rings (SSSR count). The van der Waals surface area contributed by atoms with E-state index in [4.69, 9.17) is 5.84 Å². The Labute approximate surface area is 191 Å². The van der Waals surface area contributed by atoms with Crippen molar-refractivity contribution in [2.45, 2.75) is 37.6 Å². The number of nitrogen functional groups attached to an aromatic ring is 1. The van der Waals surface area contributed by atoms with E-state index in [0.717, 1.165) is 10.6 Å². The van der Waals surface area contributed by atoms with Gasteiger partial charge in [0, 0.05) is 25.2 Å². The summed E-state index contributed by atoms with van der Waals surface area (Å²) in [7, 11) is -5.06. The van der Waals surface area contributed by atoms with Gasteiger partial charge in [-0.1, -0.05) is 19.1 Å². The number of hydrazine groups is 1. The Morgan fingerprint density at radius 3 is 2.53 bits per heavy atom. The molecule has 2 unspecified atom stereocenters. The molecule has 0 saturated carbocycles. The lowest BCUT2D eigenvalue weighted by atomic mass is 10.1. The summed E-state index contributed by atoms with van der Waals surface area (Å²) in [5.41, 5.74) is 2.82. The number of hydrogen-bond donors (Lipinski definition) is 3. The molecule has 13 heteroatoms. The number of sulfonamides is 1. The van der Waals surface area contributed by atoms with Gasteiger partial charge >= 0.3 is 0 Å². The van der Waals surface area contributed by atoms with Gasteiger partial charge in [-0.05, 0) is 37.6 Å². The van der Waals surface area contributed by atoms with Crippen LogP contribution in [0.5, 0.6) is 0 Å². The smallest absolute Gasteiger partial charge is 0.266 e. The summed E-state index contributed by atoms with van der Waals surface area (Å²) in [6.45, 7) is 3.62. The minimum atomic E-state index is -3.72. The third kappa shape index (κ3) is 6.13. The molecule has 0 aromatic heterocycles. The van der Waals surface area contributed by atoms with E-state index in [9.17, 15) is 25.8 Å². The first-order chi connectivity index (χ1) is 15.0. The highest BCUT2D eigenvalue weighted by atomic mass is 32.2. The predicted molar refractivity (Wildman–Crippen MR) is 124 cm³/mol. The second-order valence-electron chi connectivity index (χ2n) is 7.09. The molecule has 1 aromatic carbocycles. The molecular weight excluding hydrogens is 476 g/mol. The van der Waals surface area contributed by atoms with Crippen LogP contribution >= 0.6 is 0 Å². The van der Waals surface area contributed by atoms with E-state index in [2.05, 4.69) is 4.72 Å². The molecule has 1 amide bonds. The summed E-state index contributed by atoms with van der Waals surface area (Å²) in [6, 6.07) is 5.71. The van der Waals surface area contributed by atoms with Gasteiger partial charge in [0.05, 0.1) is 36.9 Å². The number of rotatable bonds is 5. The molecule has 2 aliphatic rings. The van der Waals surface area contributed by atoms with Gasteiger partial charge < -0.3 is 4.90 Å². The average molecular weight is 503 g/mol. The minimum Gasteiger partial charge on any atom is -0.364 e. The second-order valence-corrected chi connectivity index (χ2v) is 11.2. The number of allylic oxidation sites excluding steroid dienone is 3. The van der Waals surface area contributed by atoms with Gasteiger partial charge in [0.15, 0.2) is 0 Å². The van der Waals surface area contributed by atoms with E-state index >= 15 is 0 Å². The van der Waals surface area contributed by atoms with Crippen LogP contribution in [0.25, 0.3) is 0 Å². The molecule has 0 radical (unpaired) electrons. The van der Waals surface area contributed by atoms with Crippen LogP contribution in [-0.4, -0.2) is 55.7 Å². The van der Waals surface area contributed by atoms with E-state index in [-0.39, 0.29) is 16.5 Å². The van der Waals surface area contributed by atoms with Crippen molar-refractivity contribution < 1.29 is 25.8 Å². The summed E-state index contributed by atoms with van der Waals surface area (Å²) in [5, 5.41) is 0. The molecule has 32 heavy (non-hydrogen) atoms. The molecule has 0 fully saturated rings. The molecule has 1 aliphatic heterocycles. The molecule has 2 atom stereocenters. The zero-order chi connectivity index (χ0) is 24.1. The van der Waals surface area contributed by atoms with Crippen molar-refractivity contribution in [3.63, 3.8) is 0 Å². The van der Waals surface area contributed by atoms with E-state index in [1.165, 1.54) is 18.2 Å². The lowest BCUT2D eigenvalue weighted by Crippen LogP contribution is -2.35. The van der Waals surface area contributed by atoms with E-state index in [1.807, 2.05) is 24.3 Å². The molecule has 176 valence electrons. The van der Waals surface area contributed by atoms with Gasteiger partial charge in [-0.3, -0.25) is 14.4 Å². The molecular formula is C19H26N4O6S3. The number of nitrogens with zero attached hydrogens (tertiary/aromatic N) is 1. The zero-order valence-corrected chi connectivity index (χ0v) is 20.3. The third-order valence-corrected chi connectivity index (χ3v) is 8.64. The summed E-state index contributed by atoms with van der Waals surface area (Å²) in [4.78, 5) is 14.4. The molecule has 0 bridgehead atoms. The molecule has 4 N–H and O–H groups in total. The Morgan fingerprint density at radius 2 is 1.94 bits per heavy atom. The summed E-state index contributed by atoms with van der Waals surface area (Å²) >= 11 is 0. The quantitative estimate of drug-likeness (QED) is 0.224. The fourth-order valence-corrected chi connectivity index (χ4v) is 6.24. The number of carbonyl (C=O) groups excluding carboxylic acids is 1. The SMILES string of the molecule is CCC(C)NS(=O)(=O)c1ccccc1C(=O)NN.CN1CS(=O)C2=C1CC(=S(=O)=O)C=C2. The van der Waals surface area contributed by atoms with Crippen molar-refractivity contribution in [3.05, 3.63) is 52.6 Å². The van der Waals surface area contributed by atoms with Gasteiger partial charge in [-0.15, -0.1) is 0 Å². The Balaban J connectivity index is 0.000000233. The highest BCUT2D eigenvalue weighted by Gasteiger charge is 2.27. The van der Waals surface area contributed by atoms with Crippen LogP contribution in [0.4, 0.5) is 0 Å². The molecule has 0 spiro atoms. The van der Waals surface area contributed by atoms with Crippen molar-refractivity contribution in [2.75, 3.05) is 12.9 Å². The van der Waals surface area contributed by atoms with Gasteiger partial charge in [-0.25, -0.2) is 19.0 Å². The maximum Gasteiger partial charge on any atom is 0.266 e. The number of nitrogens with two attached hydrogens (primary N) is 1. The summed E-state index contributed by atoms with van der Waals surface area (Å²) < 4.78 is 59.7. The first-order valence-corrected chi connectivity index (χ1v) is 13.5. The molecule has 0 saturated heterocycles. The average Bonchev–Trinajstić information content (AvgIpc) is 3.06. The van der Waals surface area contributed by atoms with Crippen LogP contribution in [0, 0.1) is 0 Å². The van der Waals surface area contributed by atoms with Gasteiger partial charge in [-0.2, -0.15) is 8.42 Å². The molecule has 1 aromatic rings. The van der Waals surface area contributed by atoms with Crippen LogP contribution in [-0.2, 0) is 31.1 Å². The van der Waals surface area contributed by atoms with Crippen LogP contribution in [0.1, 0.15) is 37.0 Å². The predicted octanol–water partition coefficient (Wildman–Crippen LogP) is 0.228. The lowest BCUT2D eigenvalue weighted by molar-refractivity contribution is 0.0950. The number of benzene rings is 1. The first kappa shape index (κ1) is 25.9. The first-order valence-electron chi connectivity index (χ1n) is 9.59. The van der Waals surface area contributed by atoms with Crippen molar-refractivity contribution >= 4 is 41.9 Å². The highest BCUT2D eigenvalue weighted by molar-refractivity contribution is 7.89. The Kier molecular flexibility index (Phi) is 8.92. The molecule has 1 aliphatic carbocycles. The van der Waals surface area contributed by atoms with Crippen molar-refractivity contribution in [1.29, 1.82) is 0 Å². The van der Waals surface area contributed by atoms with Gasteiger partial charge in [0.1, 0.15) is 0 Å². The fourth-order valence-electron chi connectivity index (χ4n) is 2.92. The lowest BCUT2D eigenvalue weighted by Gasteiger charge is -2.15. The van der Waals surface area contributed by atoms with Crippen LogP contribution in [0.15, 0.2) is 51.9 Å². The van der Waals surface area contributed by atoms with E-state index in [0.29, 0.717) is 23.6 Å². The molecule has 1 heterocycles. The fraction of sp³-hybridized carbons (Fsp3) is 0.368. The van der Waals surface area contributed by atoms with E-state index in [1.54, 1.807) is 25.1 Å². The van der Waals surface area contributed by atoms with Crippen molar-refractivity contribution in [3.8, 4) is 0 Å². The van der Waals surface area contributed by atoms with Crippen molar-refractivity contribution in [1.82, 2.24) is 15.0 Å². The van der Waals surface area contributed by atoms with Gasteiger partial charge in [0.2, 0.25) is 20.3 Å². The maximum absolute atomic E-state index is 12.1. The number of amides is 1. The molecule has 10 nitrogen and oxygen atoms in total. The zero-order valence-electron chi connectivity index (χ0n) is 17.9. The number of nitrogens with one attached hydrogen (secondary N) is 2. The Hall–Kier alpha value is -2.32. The van der Waals surface area contributed by atoms with Crippen LogP contribution in [0.3, 0.4) is 0 Å². The van der Waals surface area contributed by atoms with Crippen molar-refractivity contribution in [2.24, 2.45) is 5.84 Å². The highest BCUT2D eigenvalue weighted by Crippen LogP contribution is 2.28. The van der Waals surface area contributed by atoms with E-state index < -0.39 is 37.0 Å². The normalized spacial score (nSPS) is 18.6. The minimum absolute atomic E-state index is 0.0239. The summed E-state index contributed by atoms with van der Waals surface area (Å²) in [5.74, 6) is 4.86. The van der Waals surface area contributed by atoms with Crippen LogP contribution < -0.4 is 16.0 Å². The van der Waals surface area contributed by atoms with Gasteiger partial charge in [0.25, 0.3) is 5.91 Å². The standard InChI is InChI=1S/C11H17N3O3S.C8H9NO3S2/c1-3-8(2)14-18(16,17)10-7-5-4-6-9(10)11(15)13-12;1-9-5-13(10)8-3-2-6(14(11)12)4-7(8)9/h4-8,14H,3,12H2,1-2H3,(H,13,15);2-3H,4-5H2,1H3. The monoisotopic (exact) mass is 502 g/mol. The topological polar surface area (TPSA) is 156 Å². The number of carbonyl (C=O) groups is 1. The largest absolute Gasteiger partial charge is 0.364 e. The van der Waals surface area contributed by atoms with Crippen LogP contribution in [0.2, 0.25) is 0 Å². The third-order valence-electron chi connectivity index (χ3n) is 4.80. The maximum atomic E-state index is 12.1. The Morgan fingerprint density at radius 1 is 1.28 bits per heavy atom.